The van der Waals surface area contributed by atoms with Crippen LogP contribution in [0.2, 0.25) is 0 Å². The van der Waals surface area contributed by atoms with Crippen LogP contribution in [0.4, 0.5) is 0 Å². The Hall–Kier alpha value is -6.63. The Balaban J connectivity index is 1.15. The van der Waals surface area contributed by atoms with E-state index in [0.717, 1.165) is 28.7 Å². The molecule has 1 aliphatic carbocycles. The van der Waals surface area contributed by atoms with Gasteiger partial charge in [0, 0.05) is 47.3 Å². The Morgan fingerprint density at radius 2 is 1.54 bits per heavy atom. The summed E-state index contributed by atoms with van der Waals surface area (Å²) in [7, 11) is 0. The molecular weight excluding hydrogens is 909 g/mol. The molecule has 374 valence electrons. The summed E-state index contributed by atoms with van der Waals surface area (Å²) >= 11 is 0. The van der Waals surface area contributed by atoms with Gasteiger partial charge in [-0.2, -0.15) is 0 Å². The molecule has 4 heterocycles. The zero-order valence-corrected chi connectivity index (χ0v) is 41.0. The molecule has 0 spiro atoms. The number of benzene rings is 5. The zero-order valence-electron chi connectivity index (χ0n) is 41.0. The van der Waals surface area contributed by atoms with Crippen LogP contribution in [0.1, 0.15) is 121 Å². The first-order valence-corrected chi connectivity index (χ1v) is 25.3. The van der Waals surface area contributed by atoms with E-state index in [4.69, 9.17) is 23.4 Å². The summed E-state index contributed by atoms with van der Waals surface area (Å²) in [5.74, 6) is -1.77. The van der Waals surface area contributed by atoms with Gasteiger partial charge in [-0.3, -0.25) is 4.79 Å². The van der Waals surface area contributed by atoms with Crippen LogP contribution in [0.25, 0.3) is 11.0 Å². The van der Waals surface area contributed by atoms with Gasteiger partial charge in [0.2, 0.25) is 0 Å². The third kappa shape index (κ3) is 11.4. The van der Waals surface area contributed by atoms with Gasteiger partial charge in [-0.1, -0.05) is 121 Å². The Kier molecular flexibility index (Phi) is 16.0. The van der Waals surface area contributed by atoms with E-state index in [1.165, 1.54) is 11.1 Å². The average molecular weight is 973 g/mol. The third-order valence-corrected chi connectivity index (χ3v) is 14.9. The Bertz CT molecular complexity index is 2960. The molecule has 1 aromatic heterocycles. The summed E-state index contributed by atoms with van der Waals surface area (Å²) in [6, 6.07) is 42.7. The Morgan fingerprint density at radius 1 is 0.792 bits per heavy atom. The first-order chi connectivity index (χ1) is 35.0. The number of rotatable bonds is 14. The number of fused-ring (bicyclic) bond motifs is 11. The van der Waals surface area contributed by atoms with Crippen molar-refractivity contribution in [3.8, 4) is 5.75 Å². The molecule has 11 nitrogen and oxygen atoms in total. The molecule has 0 fully saturated rings. The summed E-state index contributed by atoms with van der Waals surface area (Å²) in [5.41, 5.74) is 6.16. The molecule has 7 atom stereocenters. The zero-order chi connectivity index (χ0) is 50.2. The van der Waals surface area contributed by atoms with E-state index < -0.39 is 48.1 Å². The minimum absolute atomic E-state index is 0.0230. The summed E-state index contributed by atoms with van der Waals surface area (Å²) in [6.07, 6.45) is 6.08. The standard InChI is InChI=1S/C61H64O11/c1-39(36-63)50-25-20-41-18-21-44(22-19-41)51-26-23-46(45-17-9-15-43(32-45)31-42-13-7-4-8-14-42)33-49(51)35-54(65)69-57-55-53(27-24-47-34-52(60(67)70-56(47)55)48(28-30-62)37-68-38-64)72-61(2,58(57)71-59(50)66)29-10-16-40-11-5-3-6-12-40/h3-9,11-15,17-19,21-24,26-27,32,34,46,48-49,51,57-58,62-64H,10,16,20,25,28-31,33,35-38H2,1-2H3/b50-39-/t46-,48-,49+,51+,57-,58+,61+/m1/s1. The fourth-order valence-electron chi connectivity index (χ4n) is 11.0. The molecule has 72 heavy (non-hydrogen) atoms. The predicted octanol–water partition coefficient (Wildman–Crippen LogP) is 10.3. The van der Waals surface area contributed by atoms with Gasteiger partial charge < -0.3 is 38.7 Å². The predicted molar refractivity (Wildman–Crippen MR) is 275 cm³/mol. The van der Waals surface area contributed by atoms with Gasteiger partial charge in [0.25, 0.3) is 0 Å². The molecule has 2 bridgehead atoms. The van der Waals surface area contributed by atoms with E-state index in [9.17, 15) is 24.9 Å². The fourth-order valence-corrected chi connectivity index (χ4v) is 11.0. The van der Waals surface area contributed by atoms with Crippen LogP contribution in [-0.2, 0) is 43.1 Å². The van der Waals surface area contributed by atoms with Crippen molar-refractivity contribution in [1.82, 2.24) is 0 Å². The molecule has 11 heteroatoms. The number of ether oxygens (including phenoxy) is 4. The number of carbonyl (C=O) groups excluding carboxylic acids is 2. The topological polar surface area (TPSA) is 162 Å². The second kappa shape index (κ2) is 22.8. The minimum atomic E-state index is -1.31. The van der Waals surface area contributed by atoms with Crippen LogP contribution in [0.3, 0.4) is 0 Å². The van der Waals surface area contributed by atoms with Crippen molar-refractivity contribution in [3.63, 3.8) is 0 Å². The van der Waals surface area contributed by atoms with Gasteiger partial charge in [0.05, 0.1) is 18.8 Å². The highest BCUT2D eigenvalue weighted by atomic mass is 16.6. The van der Waals surface area contributed by atoms with Crippen LogP contribution >= 0.6 is 0 Å². The quantitative estimate of drug-likeness (QED) is 0.0313. The summed E-state index contributed by atoms with van der Waals surface area (Å²) < 4.78 is 32.0. The van der Waals surface area contributed by atoms with Crippen molar-refractivity contribution in [1.29, 1.82) is 0 Å². The average Bonchev–Trinajstić information content (AvgIpc) is 3.39. The number of aliphatic hydroxyl groups excluding tert-OH is 3. The number of hydrogen-bond donors (Lipinski definition) is 3. The lowest BCUT2D eigenvalue weighted by Crippen LogP contribution is -2.54. The van der Waals surface area contributed by atoms with Gasteiger partial charge in [0.15, 0.2) is 12.2 Å². The molecule has 5 aromatic carbocycles. The largest absolute Gasteiger partial charge is 0.483 e. The molecule has 6 aromatic rings. The van der Waals surface area contributed by atoms with Crippen molar-refractivity contribution in [2.75, 3.05) is 26.6 Å². The van der Waals surface area contributed by atoms with Crippen LogP contribution < -0.4 is 10.4 Å². The molecule has 3 aliphatic heterocycles. The Labute approximate surface area is 420 Å². The van der Waals surface area contributed by atoms with Crippen LogP contribution in [0.15, 0.2) is 160 Å². The van der Waals surface area contributed by atoms with Crippen molar-refractivity contribution >= 4 is 22.9 Å². The van der Waals surface area contributed by atoms with E-state index in [2.05, 4.69) is 97.1 Å². The number of carbonyl (C=O) groups is 2. The summed E-state index contributed by atoms with van der Waals surface area (Å²) in [6.45, 7) is 2.37. The highest BCUT2D eigenvalue weighted by Gasteiger charge is 2.53. The van der Waals surface area contributed by atoms with E-state index in [1.54, 1.807) is 25.1 Å². The van der Waals surface area contributed by atoms with Crippen molar-refractivity contribution in [2.45, 2.75) is 107 Å². The number of aliphatic hydroxyl groups is 3. The van der Waals surface area contributed by atoms with E-state index in [-0.39, 0.29) is 73.5 Å². The molecule has 0 unspecified atom stereocenters. The lowest BCUT2D eigenvalue weighted by molar-refractivity contribution is -0.192. The lowest BCUT2D eigenvalue weighted by Gasteiger charge is -2.45. The molecular formula is C61H64O11. The molecule has 3 N–H and O–H groups in total. The SMILES string of the molecule is C/C(CO)=C1\CCc2ccc(cc2)[C@@H]2C=C[C@@H](c3cccc(Cc4ccccc4)c3)C[C@H]2CC(=O)O[C@@H]2c3c(ccc4cc([C@H](CCO)COCO)c(=O)oc34)O[C@@](C)(CCCc3ccccc3)[C@H]2OC1=O. The molecule has 0 saturated carbocycles. The first kappa shape index (κ1) is 50.3. The molecule has 0 radical (unpaired) electrons. The maximum absolute atomic E-state index is 15.2. The van der Waals surface area contributed by atoms with Crippen LogP contribution in [0.5, 0.6) is 5.75 Å². The highest BCUT2D eigenvalue weighted by molar-refractivity contribution is 5.90. The van der Waals surface area contributed by atoms with Gasteiger partial charge in [-0.25, -0.2) is 9.59 Å². The van der Waals surface area contributed by atoms with Gasteiger partial charge in [-0.15, -0.1) is 0 Å². The van der Waals surface area contributed by atoms with Crippen LogP contribution in [-0.4, -0.2) is 65.6 Å². The lowest BCUT2D eigenvalue weighted by atomic mass is 9.72. The normalized spacial score (nSPS) is 23.3. The molecule has 10 rings (SSSR count). The van der Waals surface area contributed by atoms with E-state index in [0.29, 0.717) is 54.4 Å². The minimum Gasteiger partial charge on any atom is -0.483 e. The molecule has 4 aliphatic rings. The second-order valence-electron chi connectivity index (χ2n) is 19.9. The van der Waals surface area contributed by atoms with Crippen molar-refractivity contribution < 1.29 is 48.3 Å². The molecule has 0 saturated heterocycles. The van der Waals surface area contributed by atoms with Gasteiger partial charge >= 0.3 is 17.6 Å². The summed E-state index contributed by atoms with van der Waals surface area (Å²) in [4.78, 5) is 44.1. The van der Waals surface area contributed by atoms with Gasteiger partial charge in [0.1, 0.15) is 23.7 Å². The maximum Gasteiger partial charge on any atom is 0.339 e. The number of esters is 2. The third-order valence-electron chi connectivity index (χ3n) is 14.9. The maximum atomic E-state index is 15.2. The van der Waals surface area contributed by atoms with E-state index >= 15 is 4.79 Å². The van der Waals surface area contributed by atoms with Crippen molar-refractivity contribution in [3.05, 3.63) is 206 Å². The first-order valence-electron chi connectivity index (χ1n) is 25.3. The second-order valence-corrected chi connectivity index (χ2v) is 19.9. The smallest absolute Gasteiger partial charge is 0.339 e. The molecule has 0 amide bonds. The van der Waals surface area contributed by atoms with Gasteiger partial charge in [-0.05, 0) is 128 Å². The van der Waals surface area contributed by atoms with Crippen molar-refractivity contribution in [2.24, 2.45) is 5.92 Å². The monoisotopic (exact) mass is 972 g/mol. The van der Waals surface area contributed by atoms with E-state index in [1.807, 2.05) is 31.2 Å². The van der Waals surface area contributed by atoms with Crippen LogP contribution in [0, 0.1) is 5.92 Å². The number of allylic oxidation sites excluding steroid dienone is 2. The number of hydrogen-bond acceptors (Lipinski definition) is 11. The highest BCUT2D eigenvalue weighted by Crippen LogP contribution is 2.50. The number of aryl methyl sites for hydroxylation is 2. The Morgan fingerprint density at radius 3 is 2.28 bits per heavy atom. The summed E-state index contributed by atoms with van der Waals surface area (Å²) in [5, 5.41) is 30.3. The fraction of sp³-hybridized carbons (Fsp3) is 0.361.